The number of ether oxygens (including phenoxy) is 1. The van der Waals surface area contributed by atoms with Crippen LogP contribution in [0.5, 0.6) is 5.75 Å². The molecule has 0 radical (unpaired) electrons. The van der Waals surface area contributed by atoms with E-state index in [0.29, 0.717) is 0 Å². The number of benzene rings is 1. The molecule has 1 nitrogen and oxygen atoms in total. The smallest absolute Gasteiger partial charge is 0.119 e. The molecule has 0 aromatic heterocycles. The van der Waals surface area contributed by atoms with Crippen molar-refractivity contribution in [3.05, 3.63) is 30.3 Å². The van der Waals surface area contributed by atoms with Crippen LogP contribution in [0.1, 0.15) is 97.8 Å². The van der Waals surface area contributed by atoms with Crippen LogP contribution in [0, 0.1) is 0 Å². The zero-order valence-corrected chi connectivity index (χ0v) is 16.0. The van der Waals surface area contributed by atoms with Gasteiger partial charge in [0.1, 0.15) is 5.75 Å². The van der Waals surface area contributed by atoms with Crippen molar-refractivity contribution in [2.75, 3.05) is 6.61 Å². The Labute approximate surface area is 145 Å². The average Bonchev–Trinajstić information content (AvgIpc) is 2.60. The average molecular weight is 321 g/mol. The third kappa shape index (κ3) is 17.2. The molecule has 1 aromatic rings. The second-order valence-corrected chi connectivity index (χ2v) is 6.34. The summed E-state index contributed by atoms with van der Waals surface area (Å²) in [5.74, 6) is 0.980. The van der Waals surface area contributed by atoms with Crippen molar-refractivity contribution in [3.8, 4) is 5.75 Å². The standard InChI is InChI=1S/C11H16O.C11H24/c1-2-3-7-10-12-11-8-5-4-6-9-11;1-3-5-7-9-11-10-8-6-4-2/h4-6,8-9H,2-3,7,10H2,1H3;3-11H2,1-2H3. The fraction of sp³-hybridized carbons (Fsp3) is 0.727. The third-order valence-electron chi connectivity index (χ3n) is 3.97. The summed E-state index contributed by atoms with van der Waals surface area (Å²) in [5.41, 5.74) is 0. The largest absolute Gasteiger partial charge is 0.494 e. The molecule has 1 rings (SSSR count). The van der Waals surface area contributed by atoms with Crippen LogP contribution in [0.3, 0.4) is 0 Å². The molecule has 0 spiro atoms. The summed E-state index contributed by atoms with van der Waals surface area (Å²) in [5, 5.41) is 0. The zero-order valence-electron chi connectivity index (χ0n) is 16.0. The monoisotopic (exact) mass is 320 g/mol. The number of unbranched alkanes of at least 4 members (excludes halogenated alkanes) is 10. The summed E-state index contributed by atoms with van der Waals surface area (Å²) in [6.45, 7) is 7.59. The van der Waals surface area contributed by atoms with E-state index in [1.165, 1.54) is 70.6 Å². The Bertz CT molecular complexity index is 299. The van der Waals surface area contributed by atoms with Crippen LogP contribution in [0.25, 0.3) is 0 Å². The van der Waals surface area contributed by atoms with E-state index in [4.69, 9.17) is 4.74 Å². The van der Waals surface area contributed by atoms with Gasteiger partial charge in [-0.05, 0) is 18.6 Å². The van der Waals surface area contributed by atoms with E-state index in [2.05, 4.69) is 20.8 Å². The van der Waals surface area contributed by atoms with Crippen LogP contribution in [-0.2, 0) is 0 Å². The van der Waals surface area contributed by atoms with Gasteiger partial charge in [0.15, 0.2) is 0 Å². The van der Waals surface area contributed by atoms with Gasteiger partial charge in [-0.2, -0.15) is 0 Å². The van der Waals surface area contributed by atoms with Gasteiger partial charge in [-0.15, -0.1) is 0 Å². The van der Waals surface area contributed by atoms with Crippen LogP contribution >= 0.6 is 0 Å². The highest BCUT2D eigenvalue weighted by Gasteiger charge is 1.90. The molecule has 1 heteroatoms. The minimum atomic E-state index is 0.845. The second kappa shape index (κ2) is 19.1. The molecule has 0 aliphatic heterocycles. The summed E-state index contributed by atoms with van der Waals surface area (Å²) in [6.07, 6.45) is 16.6. The molecule has 0 fully saturated rings. The fourth-order valence-electron chi connectivity index (χ4n) is 2.44. The molecule has 0 saturated carbocycles. The molecule has 0 aliphatic carbocycles. The first kappa shape index (κ1) is 22.0. The maximum Gasteiger partial charge on any atom is 0.119 e. The predicted molar refractivity (Wildman–Crippen MR) is 104 cm³/mol. The summed E-state index contributed by atoms with van der Waals surface area (Å²) in [4.78, 5) is 0. The second-order valence-electron chi connectivity index (χ2n) is 6.34. The molecule has 0 atom stereocenters. The number of para-hydroxylation sites is 1. The summed E-state index contributed by atoms with van der Waals surface area (Å²) in [6, 6.07) is 9.97. The Balaban J connectivity index is 0.000000423. The summed E-state index contributed by atoms with van der Waals surface area (Å²) in [7, 11) is 0. The minimum absolute atomic E-state index is 0.845. The lowest BCUT2D eigenvalue weighted by Gasteiger charge is -2.04. The normalized spacial score (nSPS) is 10.0. The zero-order chi connectivity index (χ0) is 17.0. The van der Waals surface area contributed by atoms with Gasteiger partial charge >= 0.3 is 0 Å². The quantitative estimate of drug-likeness (QED) is 0.337. The van der Waals surface area contributed by atoms with Crippen molar-refractivity contribution >= 4 is 0 Å². The number of hydrogen-bond donors (Lipinski definition) is 0. The minimum Gasteiger partial charge on any atom is -0.494 e. The molecule has 0 aliphatic rings. The first-order chi connectivity index (χ1) is 11.3. The fourth-order valence-corrected chi connectivity index (χ4v) is 2.44. The van der Waals surface area contributed by atoms with Gasteiger partial charge in [0.25, 0.3) is 0 Å². The van der Waals surface area contributed by atoms with E-state index in [-0.39, 0.29) is 0 Å². The van der Waals surface area contributed by atoms with Crippen LogP contribution in [0.4, 0.5) is 0 Å². The predicted octanol–water partition coefficient (Wildman–Crippen LogP) is 7.79. The highest BCUT2D eigenvalue weighted by atomic mass is 16.5. The molecule has 0 amide bonds. The Morgan fingerprint density at radius 2 is 1.00 bits per heavy atom. The van der Waals surface area contributed by atoms with Crippen molar-refractivity contribution in [2.45, 2.75) is 97.8 Å². The maximum atomic E-state index is 5.51. The molecule has 0 heterocycles. The van der Waals surface area contributed by atoms with E-state index in [9.17, 15) is 0 Å². The molecular weight excluding hydrogens is 280 g/mol. The van der Waals surface area contributed by atoms with Gasteiger partial charge in [0.05, 0.1) is 6.61 Å². The number of hydrogen-bond acceptors (Lipinski definition) is 1. The molecule has 0 bridgehead atoms. The van der Waals surface area contributed by atoms with E-state index in [0.717, 1.165) is 18.8 Å². The first-order valence-corrected chi connectivity index (χ1v) is 10.0. The SMILES string of the molecule is CCCCCCCCCCC.CCCCCOc1ccccc1. The Morgan fingerprint density at radius 3 is 1.48 bits per heavy atom. The van der Waals surface area contributed by atoms with Gasteiger partial charge < -0.3 is 4.74 Å². The Morgan fingerprint density at radius 1 is 0.565 bits per heavy atom. The van der Waals surface area contributed by atoms with Crippen LogP contribution in [0.2, 0.25) is 0 Å². The van der Waals surface area contributed by atoms with Crippen LogP contribution in [0.15, 0.2) is 30.3 Å². The van der Waals surface area contributed by atoms with E-state index in [1.54, 1.807) is 0 Å². The highest BCUT2D eigenvalue weighted by Crippen LogP contribution is 2.09. The molecular formula is C22H40O. The Kier molecular flexibility index (Phi) is 18.3. The number of rotatable bonds is 13. The maximum absolute atomic E-state index is 5.51. The van der Waals surface area contributed by atoms with Crippen molar-refractivity contribution < 1.29 is 4.74 Å². The van der Waals surface area contributed by atoms with Gasteiger partial charge in [-0.25, -0.2) is 0 Å². The van der Waals surface area contributed by atoms with E-state index in [1.807, 2.05) is 30.3 Å². The summed E-state index contributed by atoms with van der Waals surface area (Å²) < 4.78 is 5.51. The van der Waals surface area contributed by atoms with Crippen LogP contribution < -0.4 is 4.74 Å². The first-order valence-electron chi connectivity index (χ1n) is 10.0. The molecule has 0 saturated heterocycles. The summed E-state index contributed by atoms with van der Waals surface area (Å²) >= 11 is 0. The van der Waals surface area contributed by atoms with Gasteiger partial charge in [-0.3, -0.25) is 0 Å². The van der Waals surface area contributed by atoms with Crippen molar-refractivity contribution in [2.24, 2.45) is 0 Å². The third-order valence-corrected chi connectivity index (χ3v) is 3.97. The molecule has 23 heavy (non-hydrogen) atoms. The lowest BCUT2D eigenvalue weighted by molar-refractivity contribution is 0.306. The van der Waals surface area contributed by atoms with Crippen LogP contribution in [-0.4, -0.2) is 6.61 Å². The molecule has 1 aromatic carbocycles. The van der Waals surface area contributed by atoms with E-state index < -0.39 is 0 Å². The van der Waals surface area contributed by atoms with Gasteiger partial charge in [0, 0.05) is 0 Å². The topological polar surface area (TPSA) is 9.23 Å². The Hall–Kier alpha value is -0.980. The van der Waals surface area contributed by atoms with Crippen molar-refractivity contribution in [3.63, 3.8) is 0 Å². The van der Waals surface area contributed by atoms with Gasteiger partial charge in [0.2, 0.25) is 0 Å². The molecule has 0 N–H and O–H groups in total. The molecule has 0 unspecified atom stereocenters. The lowest BCUT2D eigenvalue weighted by Crippen LogP contribution is -1.96. The molecule has 134 valence electrons. The van der Waals surface area contributed by atoms with Crippen molar-refractivity contribution in [1.82, 2.24) is 0 Å². The highest BCUT2D eigenvalue weighted by molar-refractivity contribution is 5.20. The van der Waals surface area contributed by atoms with Crippen molar-refractivity contribution in [1.29, 1.82) is 0 Å². The van der Waals surface area contributed by atoms with E-state index >= 15 is 0 Å². The van der Waals surface area contributed by atoms with Gasteiger partial charge in [-0.1, -0.05) is 110 Å². The lowest BCUT2D eigenvalue weighted by atomic mass is 10.1.